The van der Waals surface area contributed by atoms with Crippen molar-refractivity contribution in [2.75, 3.05) is 13.2 Å². The van der Waals surface area contributed by atoms with Gasteiger partial charge in [0.25, 0.3) is 8.32 Å². The molecule has 3 saturated heterocycles. The SMILES string of the molecule is CC(C)(C)[Si](O[C@H]1[C@@H]2O[Si](C(C)(C)C)(C(C)(C)C)OC[C@H]2O[C@@]2(COCc3ccccc3)O[C@H]12)(c1ccccc1)c1ccccc1. The Kier molecular flexibility index (Phi) is 8.86. The van der Waals surface area contributed by atoms with Crippen molar-refractivity contribution in [2.45, 2.75) is 114 Å². The Balaban J connectivity index is 1.43. The fourth-order valence-electron chi connectivity index (χ4n) is 7.97. The normalized spacial score (nSPS) is 27.8. The van der Waals surface area contributed by atoms with Crippen molar-refractivity contribution in [3.05, 3.63) is 96.6 Å². The van der Waals surface area contributed by atoms with Crippen LogP contribution in [0.4, 0.5) is 0 Å². The lowest BCUT2D eigenvalue weighted by Crippen LogP contribution is -2.74. The fraction of sp³-hybridized carbons (Fsp3) is 0.526. The van der Waals surface area contributed by atoms with Gasteiger partial charge in [0.1, 0.15) is 31.0 Å². The Morgan fingerprint density at radius 3 is 1.76 bits per heavy atom. The van der Waals surface area contributed by atoms with Gasteiger partial charge in [0.05, 0.1) is 13.2 Å². The van der Waals surface area contributed by atoms with Gasteiger partial charge in [-0.1, -0.05) is 153 Å². The number of benzene rings is 3. The maximum atomic E-state index is 7.87. The molecule has 0 aromatic heterocycles. The minimum absolute atomic E-state index is 0.185. The zero-order valence-corrected chi connectivity index (χ0v) is 31.0. The Morgan fingerprint density at radius 1 is 0.739 bits per heavy atom. The molecule has 0 amide bonds. The molecule has 5 atom stereocenters. The smallest absolute Gasteiger partial charge is 0.349 e. The Labute approximate surface area is 278 Å². The van der Waals surface area contributed by atoms with E-state index in [4.69, 9.17) is 27.5 Å². The highest BCUT2D eigenvalue weighted by Crippen LogP contribution is 2.58. The summed E-state index contributed by atoms with van der Waals surface area (Å²) in [4.78, 5) is 0. The lowest BCUT2D eigenvalue weighted by atomic mass is 9.98. The average molecular weight is 661 g/mol. The molecular formula is C38H52O6Si2. The molecule has 0 radical (unpaired) electrons. The van der Waals surface area contributed by atoms with Crippen LogP contribution in [0.25, 0.3) is 0 Å². The molecule has 0 N–H and O–H groups in total. The molecule has 3 aromatic rings. The Bertz CT molecular complexity index is 1410. The van der Waals surface area contributed by atoms with Gasteiger partial charge < -0.3 is 27.5 Å². The van der Waals surface area contributed by atoms with E-state index in [2.05, 4.69) is 135 Å². The first-order valence-corrected chi connectivity index (χ1v) is 20.4. The van der Waals surface area contributed by atoms with Crippen LogP contribution in [0.5, 0.6) is 0 Å². The Hall–Kier alpha value is -2.15. The second-order valence-electron chi connectivity index (χ2n) is 16.2. The monoisotopic (exact) mass is 660 g/mol. The topological polar surface area (TPSA) is 58.7 Å². The fourth-order valence-corrected chi connectivity index (χ4v) is 17.6. The van der Waals surface area contributed by atoms with E-state index in [1.54, 1.807) is 0 Å². The molecule has 46 heavy (non-hydrogen) atoms. The molecule has 6 nitrogen and oxygen atoms in total. The molecular weight excluding hydrogens is 609 g/mol. The van der Waals surface area contributed by atoms with Gasteiger partial charge in [-0.3, -0.25) is 0 Å². The quantitative estimate of drug-likeness (QED) is 0.190. The van der Waals surface area contributed by atoms with E-state index < -0.39 is 22.7 Å². The van der Waals surface area contributed by atoms with Crippen molar-refractivity contribution >= 4 is 27.3 Å². The molecule has 3 aliphatic rings. The lowest BCUT2D eigenvalue weighted by molar-refractivity contribution is -0.216. The minimum atomic E-state index is -2.96. The van der Waals surface area contributed by atoms with Gasteiger partial charge in [0.15, 0.2) is 0 Å². The summed E-state index contributed by atoms with van der Waals surface area (Å²) in [7, 11) is -5.82. The summed E-state index contributed by atoms with van der Waals surface area (Å²) in [6, 6.07) is 31.8. The molecule has 3 fully saturated rings. The zero-order chi connectivity index (χ0) is 33.0. The summed E-state index contributed by atoms with van der Waals surface area (Å²) in [5.41, 5.74) is 1.11. The second-order valence-corrected chi connectivity index (χ2v) is 25.3. The van der Waals surface area contributed by atoms with Crippen molar-refractivity contribution in [1.82, 2.24) is 0 Å². The van der Waals surface area contributed by atoms with E-state index in [-0.39, 0.29) is 39.5 Å². The van der Waals surface area contributed by atoms with Gasteiger partial charge in [-0.2, -0.15) is 0 Å². The molecule has 0 unspecified atom stereocenters. The first-order valence-electron chi connectivity index (χ1n) is 16.7. The first-order chi connectivity index (χ1) is 21.6. The largest absolute Gasteiger partial charge is 0.399 e. The van der Waals surface area contributed by atoms with Crippen LogP contribution in [0.15, 0.2) is 91.0 Å². The highest BCUT2D eigenvalue weighted by atomic mass is 28.4. The highest BCUT2D eigenvalue weighted by Gasteiger charge is 2.74. The minimum Gasteiger partial charge on any atom is -0.399 e. The zero-order valence-electron chi connectivity index (χ0n) is 29.0. The van der Waals surface area contributed by atoms with Crippen LogP contribution in [0.1, 0.15) is 67.9 Å². The van der Waals surface area contributed by atoms with Gasteiger partial charge in [-0.15, -0.1) is 0 Å². The van der Waals surface area contributed by atoms with Crippen molar-refractivity contribution in [2.24, 2.45) is 0 Å². The number of hydrogen-bond acceptors (Lipinski definition) is 6. The molecule has 6 rings (SSSR count). The summed E-state index contributed by atoms with van der Waals surface area (Å²) >= 11 is 0. The molecule has 3 heterocycles. The number of epoxide rings is 1. The van der Waals surface area contributed by atoms with Crippen molar-refractivity contribution in [1.29, 1.82) is 0 Å². The lowest BCUT2D eigenvalue weighted by Gasteiger charge is -2.57. The predicted molar refractivity (Wildman–Crippen MR) is 187 cm³/mol. The van der Waals surface area contributed by atoms with E-state index in [0.29, 0.717) is 19.8 Å². The van der Waals surface area contributed by atoms with Crippen LogP contribution in [-0.2, 0) is 34.1 Å². The van der Waals surface area contributed by atoms with E-state index in [1.807, 2.05) is 18.2 Å². The third kappa shape index (κ3) is 5.79. The van der Waals surface area contributed by atoms with Gasteiger partial charge in [-0.05, 0) is 21.0 Å². The molecule has 3 aromatic carbocycles. The van der Waals surface area contributed by atoms with Crippen LogP contribution in [0, 0.1) is 0 Å². The average Bonchev–Trinajstić information content (AvgIpc) is 3.72. The van der Waals surface area contributed by atoms with Gasteiger partial charge in [0.2, 0.25) is 5.79 Å². The van der Waals surface area contributed by atoms with Crippen molar-refractivity contribution < 1.29 is 27.5 Å². The van der Waals surface area contributed by atoms with Crippen LogP contribution < -0.4 is 10.4 Å². The summed E-state index contributed by atoms with van der Waals surface area (Å²) in [5, 5.41) is 1.88. The number of rotatable bonds is 8. The molecule has 0 saturated carbocycles. The van der Waals surface area contributed by atoms with Crippen LogP contribution in [0.3, 0.4) is 0 Å². The van der Waals surface area contributed by atoms with E-state index in [1.165, 1.54) is 10.4 Å². The summed E-state index contributed by atoms with van der Waals surface area (Å²) in [6.07, 6.45) is -1.43. The van der Waals surface area contributed by atoms with Crippen LogP contribution in [-0.4, -0.2) is 60.3 Å². The third-order valence-electron chi connectivity index (χ3n) is 9.91. The van der Waals surface area contributed by atoms with E-state index >= 15 is 0 Å². The summed E-state index contributed by atoms with van der Waals surface area (Å²) in [6.45, 7) is 21.7. The van der Waals surface area contributed by atoms with Gasteiger partial charge in [0, 0.05) is 10.1 Å². The van der Waals surface area contributed by atoms with Crippen LogP contribution >= 0.6 is 0 Å². The Morgan fingerprint density at radius 2 is 1.26 bits per heavy atom. The number of fused-ring (bicyclic) bond motifs is 2. The standard InChI is InChI=1S/C38H52O6Si2/c1-35(2,3)45(29-21-15-11-16-22-29,30-23-17-12-18-24-30)43-33-32-31(26-40-46(44-32,36(4,5)6)37(7,8)9)41-38(34(33)42-38)27-39-25-28-19-13-10-14-20-28/h10-24,31-34H,25-27H2,1-9H3/t31-,32-,33+,34-,38+/m1/s1. The highest BCUT2D eigenvalue weighted by molar-refractivity contribution is 6.99. The second kappa shape index (κ2) is 12.1. The summed E-state index contributed by atoms with van der Waals surface area (Å²) in [5.74, 6) is -0.913. The number of ether oxygens (including phenoxy) is 3. The summed E-state index contributed by atoms with van der Waals surface area (Å²) < 4.78 is 41.9. The first kappa shape index (κ1) is 33.7. The van der Waals surface area contributed by atoms with Crippen molar-refractivity contribution in [3.63, 3.8) is 0 Å². The molecule has 0 spiro atoms. The maximum absolute atomic E-state index is 7.87. The molecule has 0 aliphatic carbocycles. The maximum Gasteiger partial charge on any atom is 0.349 e. The van der Waals surface area contributed by atoms with Crippen molar-refractivity contribution in [3.8, 4) is 0 Å². The third-order valence-corrected chi connectivity index (χ3v) is 20.1. The predicted octanol–water partition coefficient (Wildman–Crippen LogP) is 7.10. The molecule has 0 bridgehead atoms. The van der Waals surface area contributed by atoms with Gasteiger partial charge >= 0.3 is 8.56 Å². The van der Waals surface area contributed by atoms with E-state index in [0.717, 1.165) is 5.56 Å². The van der Waals surface area contributed by atoms with Gasteiger partial charge in [-0.25, -0.2) is 0 Å². The number of hydrogen-bond donors (Lipinski definition) is 0. The van der Waals surface area contributed by atoms with E-state index in [9.17, 15) is 0 Å². The molecule has 248 valence electrons. The molecule has 3 aliphatic heterocycles. The molecule has 8 heteroatoms. The van der Waals surface area contributed by atoms with Crippen LogP contribution in [0.2, 0.25) is 15.1 Å².